The summed E-state index contributed by atoms with van der Waals surface area (Å²) in [5.74, 6) is -4.12. The number of nitrogens with zero attached hydrogens (tertiary/aromatic N) is 3. The molecule has 0 fully saturated rings. The summed E-state index contributed by atoms with van der Waals surface area (Å²) in [6.45, 7) is 3.98. The van der Waals surface area contributed by atoms with Gasteiger partial charge in [0.15, 0.2) is 11.6 Å². The van der Waals surface area contributed by atoms with Crippen molar-refractivity contribution in [1.29, 1.82) is 0 Å². The Morgan fingerprint density at radius 2 is 1.77 bits per heavy atom. The lowest BCUT2D eigenvalue weighted by molar-refractivity contribution is -0.386. The molecule has 0 aliphatic rings. The Hall–Kier alpha value is -4.40. The summed E-state index contributed by atoms with van der Waals surface area (Å²) in [5, 5.41) is 14.4. The minimum absolute atomic E-state index is 0.00703. The molecule has 1 heterocycles. The van der Waals surface area contributed by atoms with Crippen LogP contribution in [0, 0.1) is 27.6 Å². The van der Waals surface area contributed by atoms with Gasteiger partial charge in [0.1, 0.15) is 17.1 Å². The number of aromatic nitrogens is 1. The van der Waals surface area contributed by atoms with Crippen LogP contribution in [0.15, 0.2) is 40.9 Å². The van der Waals surface area contributed by atoms with E-state index in [0.717, 1.165) is 24.1 Å². The molecule has 2 aromatic carbocycles. The van der Waals surface area contributed by atoms with E-state index in [1.54, 1.807) is 20.8 Å². The molecule has 0 radical (unpaired) electrons. The van der Waals surface area contributed by atoms with Gasteiger partial charge in [-0.2, -0.15) is 0 Å². The Bertz CT molecular complexity index is 1550. The monoisotopic (exact) mass is 668 g/mol. The van der Waals surface area contributed by atoms with Gasteiger partial charge in [-0.1, -0.05) is 0 Å². The summed E-state index contributed by atoms with van der Waals surface area (Å²) in [7, 11) is 2.42. The zero-order valence-electron chi connectivity index (χ0n) is 23.8. The number of rotatable bonds is 10. The first-order valence-corrected chi connectivity index (χ1v) is 13.4. The van der Waals surface area contributed by atoms with Crippen LogP contribution in [0.25, 0.3) is 0 Å². The summed E-state index contributed by atoms with van der Waals surface area (Å²) in [6, 6.07) is 6.63. The molecule has 11 nitrogen and oxygen atoms in total. The van der Waals surface area contributed by atoms with Crippen molar-refractivity contribution >= 4 is 45.1 Å². The van der Waals surface area contributed by atoms with E-state index in [1.807, 2.05) is 0 Å². The fraction of sp³-hybridized carbons (Fsp3) is 0.321. The van der Waals surface area contributed by atoms with Gasteiger partial charge >= 0.3 is 12.1 Å². The molecule has 0 aliphatic heterocycles. The predicted octanol–water partition coefficient (Wildman–Crippen LogP) is 6.69. The van der Waals surface area contributed by atoms with Gasteiger partial charge in [-0.05, 0) is 61.0 Å². The predicted molar refractivity (Wildman–Crippen MR) is 153 cm³/mol. The number of pyridine rings is 1. The summed E-state index contributed by atoms with van der Waals surface area (Å²) in [5.41, 5.74) is -1.99. The lowest BCUT2D eigenvalue weighted by Crippen LogP contribution is -2.38. The third-order valence-electron chi connectivity index (χ3n) is 5.88. The fourth-order valence-corrected chi connectivity index (χ4v) is 4.21. The number of hydrogen-bond donors (Lipinski definition) is 1. The van der Waals surface area contributed by atoms with E-state index in [-0.39, 0.29) is 57.2 Å². The molecule has 3 rings (SSSR count). The van der Waals surface area contributed by atoms with Crippen LogP contribution < -0.4 is 10.1 Å². The maximum Gasteiger partial charge on any atom is 0.410 e. The number of amides is 1. The van der Waals surface area contributed by atoms with Gasteiger partial charge in [0.2, 0.25) is 5.88 Å². The summed E-state index contributed by atoms with van der Waals surface area (Å²) < 4.78 is 59.3. The van der Waals surface area contributed by atoms with E-state index in [9.17, 15) is 28.5 Å². The second-order valence-corrected chi connectivity index (χ2v) is 10.9. The van der Waals surface area contributed by atoms with E-state index in [2.05, 4.69) is 26.2 Å². The molecule has 0 aliphatic carbocycles. The minimum Gasteiger partial charge on any atom is -0.481 e. The number of benzene rings is 2. The van der Waals surface area contributed by atoms with E-state index in [0.29, 0.717) is 0 Å². The van der Waals surface area contributed by atoms with Crippen molar-refractivity contribution < 1.29 is 41.9 Å². The van der Waals surface area contributed by atoms with Gasteiger partial charge in [0, 0.05) is 36.3 Å². The molecule has 1 aromatic heterocycles. The summed E-state index contributed by atoms with van der Waals surface area (Å²) >= 11 is 3.03. The molecule has 0 saturated carbocycles. The maximum atomic E-state index is 15.4. The molecule has 0 saturated heterocycles. The van der Waals surface area contributed by atoms with Gasteiger partial charge in [0.25, 0.3) is 5.69 Å². The molecule has 3 aromatic rings. The second kappa shape index (κ2) is 13.7. The first kappa shape index (κ1) is 33.1. The van der Waals surface area contributed by atoms with Gasteiger partial charge < -0.3 is 24.4 Å². The third-order valence-corrected chi connectivity index (χ3v) is 6.49. The van der Waals surface area contributed by atoms with Crippen LogP contribution in [0.1, 0.15) is 42.4 Å². The molecular weight excluding hydrogens is 641 g/mol. The van der Waals surface area contributed by atoms with Crippen LogP contribution in [0.4, 0.5) is 35.0 Å². The van der Waals surface area contributed by atoms with Gasteiger partial charge in [-0.3, -0.25) is 10.1 Å². The normalized spacial score (nSPS) is 11.1. The Morgan fingerprint density at radius 3 is 2.37 bits per heavy atom. The van der Waals surface area contributed by atoms with Crippen molar-refractivity contribution in [2.75, 3.05) is 26.1 Å². The van der Waals surface area contributed by atoms with Gasteiger partial charge in [-0.25, -0.2) is 27.7 Å². The first-order chi connectivity index (χ1) is 20.1. The van der Waals surface area contributed by atoms with Gasteiger partial charge in [-0.15, -0.1) is 0 Å². The smallest absolute Gasteiger partial charge is 0.410 e. The fourth-order valence-electron chi connectivity index (χ4n) is 3.87. The maximum absolute atomic E-state index is 15.4. The standard InChI is InChI=1S/C28H28BrF3N4O7/c1-28(2,3)43-27(38)35(11-10-21-23(36(39)40)8-9-24(34-21)41-4)14-16-20(7-6-18(30)25(16)32)33-22-13-17(29)19(31)12-15(22)26(37)42-5/h6-9,12-13,33H,10-11,14H2,1-5H3. The molecule has 0 spiro atoms. The molecule has 0 bridgehead atoms. The van der Waals surface area contributed by atoms with Crippen LogP contribution in [-0.2, 0) is 22.4 Å². The molecule has 1 N–H and O–H groups in total. The third kappa shape index (κ3) is 8.34. The Labute approximate surface area is 253 Å². The zero-order chi connectivity index (χ0) is 32.1. The molecule has 1 amide bonds. The van der Waals surface area contributed by atoms with Crippen molar-refractivity contribution in [2.45, 2.75) is 39.3 Å². The number of halogens is 4. The average Bonchev–Trinajstić information content (AvgIpc) is 2.94. The zero-order valence-corrected chi connectivity index (χ0v) is 25.4. The van der Waals surface area contributed by atoms with Crippen LogP contribution >= 0.6 is 15.9 Å². The number of anilines is 2. The number of carbonyl (C=O) groups excluding carboxylic acids is 2. The Kier molecular flexibility index (Phi) is 10.6. The van der Waals surface area contributed by atoms with E-state index in [1.165, 1.54) is 31.4 Å². The first-order valence-electron chi connectivity index (χ1n) is 12.6. The highest BCUT2D eigenvalue weighted by Crippen LogP contribution is 2.32. The van der Waals surface area contributed by atoms with Crippen molar-refractivity contribution in [2.24, 2.45) is 0 Å². The van der Waals surface area contributed by atoms with Gasteiger partial charge in [0.05, 0.1) is 41.4 Å². The number of nitro groups is 1. The average molecular weight is 669 g/mol. The van der Waals surface area contributed by atoms with Crippen molar-refractivity contribution in [3.8, 4) is 5.88 Å². The largest absolute Gasteiger partial charge is 0.481 e. The number of hydrogen-bond acceptors (Lipinski definition) is 9. The lowest BCUT2D eigenvalue weighted by Gasteiger charge is -2.28. The number of ether oxygens (including phenoxy) is 3. The molecule has 43 heavy (non-hydrogen) atoms. The number of nitrogens with one attached hydrogen (secondary N) is 1. The Balaban J connectivity index is 2.06. The quantitative estimate of drug-likeness (QED) is 0.142. The van der Waals surface area contributed by atoms with Crippen LogP contribution in [0.2, 0.25) is 0 Å². The SMILES string of the molecule is COC(=O)c1cc(F)c(Br)cc1Nc1ccc(F)c(F)c1CN(CCc1nc(OC)ccc1[N+](=O)[O-])C(=O)OC(C)(C)C. The van der Waals surface area contributed by atoms with Crippen molar-refractivity contribution in [3.63, 3.8) is 0 Å². The van der Waals surface area contributed by atoms with Crippen LogP contribution in [-0.4, -0.2) is 53.2 Å². The van der Waals surface area contributed by atoms with Crippen LogP contribution in [0.3, 0.4) is 0 Å². The van der Waals surface area contributed by atoms with Crippen molar-refractivity contribution in [1.82, 2.24) is 9.88 Å². The summed E-state index contributed by atoms with van der Waals surface area (Å²) in [4.78, 5) is 41.6. The molecule has 230 valence electrons. The summed E-state index contributed by atoms with van der Waals surface area (Å²) in [6.07, 6.45) is -1.10. The minimum atomic E-state index is -1.31. The van der Waals surface area contributed by atoms with E-state index in [4.69, 9.17) is 14.2 Å². The molecule has 0 atom stereocenters. The number of carbonyl (C=O) groups is 2. The topological polar surface area (TPSA) is 133 Å². The second-order valence-electron chi connectivity index (χ2n) is 10.0. The highest BCUT2D eigenvalue weighted by Gasteiger charge is 2.27. The molecular formula is C28H28BrF3N4O7. The molecule has 0 unspecified atom stereocenters. The van der Waals surface area contributed by atoms with E-state index >= 15 is 4.39 Å². The highest BCUT2D eigenvalue weighted by atomic mass is 79.9. The van der Waals surface area contributed by atoms with Crippen molar-refractivity contribution in [3.05, 3.63) is 85.3 Å². The Morgan fingerprint density at radius 1 is 1.07 bits per heavy atom. The molecule has 15 heteroatoms. The lowest BCUT2D eigenvalue weighted by atomic mass is 10.1. The van der Waals surface area contributed by atoms with E-state index < -0.39 is 46.6 Å². The van der Waals surface area contributed by atoms with Crippen LogP contribution in [0.5, 0.6) is 5.88 Å². The highest BCUT2D eigenvalue weighted by molar-refractivity contribution is 9.10. The number of methoxy groups -OCH3 is 2. The number of esters is 1.